The first-order valence-electron chi connectivity index (χ1n) is 8.82. The second kappa shape index (κ2) is 8.18. The van der Waals surface area contributed by atoms with Gasteiger partial charge in [-0.1, -0.05) is 12.1 Å². The van der Waals surface area contributed by atoms with E-state index >= 15 is 0 Å². The van der Waals surface area contributed by atoms with Crippen molar-refractivity contribution in [2.24, 2.45) is 0 Å². The van der Waals surface area contributed by atoms with Crippen LogP contribution in [0.15, 0.2) is 83.7 Å². The van der Waals surface area contributed by atoms with Gasteiger partial charge in [0, 0.05) is 29.2 Å². The topological polar surface area (TPSA) is 101 Å². The number of benzene rings is 1. The Hall–Kier alpha value is -4.26. The lowest BCUT2D eigenvalue weighted by Crippen LogP contribution is -2.12. The number of carbonyl (C=O) groups is 2. The molecule has 0 aliphatic carbocycles. The Morgan fingerprint density at radius 1 is 1.03 bits per heavy atom. The van der Waals surface area contributed by atoms with Crippen molar-refractivity contribution >= 4 is 23.5 Å². The van der Waals surface area contributed by atoms with E-state index in [1.54, 1.807) is 60.9 Å². The standard InChI is InChI=1S/C22H16N4O3/c27-21(7-6-18-5-2-12-29-18)16-3-1-4-17(13-16)24-22(28)20-14-19(25-26-20)15-8-10-23-11-9-15/h1-14H,(H,24,28)(H,25,26)/b7-6+. The average Bonchev–Trinajstić information content (AvgIpc) is 3.45. The van der Waals surface area contributed by atoms with E-state index < -0.39 is 0 Å². The summed E-state index contributed by atoms with van der Waals surface area (Å²) in [5.41, 5.74) is 2.77. The number of ketones is 1. The molecule has 3 aromatic heterocycles. The number of aromatic nitrogens is 3. The maximum atomic E-state index is 12.5. The predicted octanol–water partition coefficient (Wildman–Crippen LogP) is 4.21. The normalized spacial score (nSPS) is 10.9. The Balaban J connectivity index is 1.46. The minimum atomic E-state index is -0.353. The molecule has 0 spiro atoms. The van der Waals surface area contributed by atoms with Gasteiger partial charge in [-0.3, -0.25) is 19.7 Å². The van der Waals surface area contributed by atoms with Gasteiger partial charge >= 0.3 is 0 Å². The zero-order valence-corrected chi connectivity index (χ0v) is 15.2. The molecule has 0 aliphatic heterocycles. The fourth-order valence-corrected chi connectivity index (χ4v) is 2.70. The number of nitrogens with one attached hydrogen (secondary N) is 2. The van der Waals surface area contributed by atoms with Gasteiger partial charge in [0.25, 0.3) is 5.91 Å². The fourth-order valence-electron chi connectivity index (χ4n) is 2.70. The lowest BCUT2D eigenvalue weighted by atomic mass is 10.1. The molecule has 7 nitrogen and oxygen atoms in total. The lowest BCUT2D eigenvalue weighted by Gasteiger charge is -2.05. The van der Waals surface area contributed by atoms with E-state index in [1.165, 1.54) is 12.3 Å². The highest BCUT2D eigenvalue weighted by Crippen LogP contribution is 2.18. The first-order valence-corrected chi connectivity index (χ1v) is 8.82. The van der Waals surface area contributed by atoms with Crippen molar-refractivity contribution < 1.29 is 14.0 Å². The molecule has 0 saturated heterocycles. The maximum Gasteiger partial charge on any atom is 0.273 e. The molecular formula is C22H16N4O3. The summed E-state index contributed by atoms with van der Waals surface area (Å²) >= 11 is 0. The van der Waals surface area contributed by atoms with Gasteiger partial charge in [0.2, 0.25) is 0 Å². The number of H-pyrrole nitrogens is 1. The van der Waals surface area contributed by atoms with Gasteiger partial charge in [0.05, 0.1) is 12.0 Å². The summed E-state index contributed by atoms with van der Waals surface area (Å²) < 4.78 is 5.17. The van der Waals surface area contributed by atoms with Crippen LogP contribution in [0, 0.1) is 0 Å². The van der Waals surface area contributed by atoms with Gasteiger partial charge in [0.1, 0.15) is 11.5 Å². The molecule has 7 heteroatoms. The van der Waals surface area contributed by atoms with Gasteiger partial charge in [-0.05, 0) is 54.6 Å². The van der Waals surface area contributed by atoms with Crippen LogP contribution in [0.2, 0.25) is 0 Å². The molecule has 0 bridgehead atoms. The van der Waals surface area contributed by atoms with Crippen LogP contribution in [0.25, 0.3) is 17.3 Å². The Bertz CT molecular complexity index is 1160. The van der Waals surface area contributed by atoms with Crippen molar-refractivity contribution in [3.05, 3.63) is 96.3 Å². The summed E-state index contributed by atoms with van der Waals surface area (Å²) in [6, 6.07) is 15.5. The molecule has 0 saturated carbocycles. The van der Waals surface area contributed by atoms with E-state index in [0.717, 1.165) is 5.56 Å². The molecule has 0 fully saturated rings. The van der Waals surface area contributed by atoms with Crippen LogP contribution < -0.4 is 5.32 Å². The molecule has 4 aromatic rings. The first kappa shape index (κ1) is 18.1. The summed E-state index contributed by atoms with van der Waals surface area (Å²) in [5, 5.41) is 9.66. The van der Waals surface area contributed by atoms with Crippen LogP contribution in [0.4, 0.5) is 5.69 Å². The van der Waals surface area contributed by atoms with Gasteiger partial charge in [0.15, 0.2) is 5.78 Å². The monoisotopic (exact) mass is 384 g/mol. The zero-order chi connectivity index (χ0) is 20.1. The number of hydrogen-bond acceptors (Lipinski definition) is 5. The van der Waals surface area contributed by atoms with Gasteiger partial charge < -0.3 is 9.73 Å². The van der Waals surface area contributed by atoms with Crippen LogP contribution in [-0.2, 0) is 0 Å². The largest absolute Gasteiger partial charge is 0.465 e. The number of aromatic amines is 1. The van der Waals surface area contributed by atoms with Gasteiger partial charge in [-0.15, -0.1) is 0 Å². The maximum absolute atomic E-state index is 12.5. The zero-order valence-electron chi connectivity index (χ0n) is 15.2. The highest BCUT2D eigenvalue weighted by molar-refractivity contribution is 6.08. The molecule has 4 rings (SSSR count). The number of furan rings is 1. The third-order valence-corrected chi connectivity index (χ3v) is 4.15. The molecule has 0 atom stereocenters. The van der Waals surface area contributed by atoms with E-state index in [0.29, 0.717) is 28.4 Å². The second-order valence-corrected chi connectivity index (χ2v) is 6.15. The van der Waals surface area contributed by atoms with Crippen LogP contribution >= 0.6 is 0 Å². The molecule has 29 heavy (non-hydrogen) atoms. The Labute approximate surface area is 166 Å². The van der Waals surface area contributed by atoms with Crippen LogP contribution in [-0.4, -0.2) is 26.9 Å². The number of pyridine rings is 1. The number of allylic oxidation sites excluding steroid dienone is 1. The van der Waals surface area contributed by atoms with Crippen molar-refractivity contribution in [3.8, 4) is 11.3 Å². The Morgan fingerprint density at radius 2 is 1.90 bits per heavy atom. The van der Waals surface area contributed by atoms with Gasteiger partial charge in [-0.2, -0.15) is 5.10 Å². The summed E-state index contributed by atoms with van der Waals surface area (Å²) in [4.78, 5) is 28.8. The number of nitrogens with zero attached hydrogens (tertiary/aromatic N) is 2. The minimum absolute atomic E-state index is 0.195. The fraction of sp³-hybridized carbons (Fsp3) is 0. The number of amides is 1. The van der Waals surface area contributed by atoms with Gasteiger partial charge in [-0.25, -0.2) is 0 Å². The van der Waals surface area contributed by atoms with E-state index in [9.17, 15) is 9.59 Å². The van der Waals surface area contributed by atoms with Crippen molar-refractivity contribution in [2.45, 2.75) is 0 Å². The quantitative estimate of drug-likeness (QED) is 0.383. The number of rotatable bonds is 6. The molecule has 2 N–H and O–H groups in total. The third kappa shape index (κ3) is 4.36. The number of hydrogen-bond donors (Lipinski definition) is 2. The molecule has 0 aliphatic rings. The highest BCUT2D eigenvalue weighted by Gasteiger charge is 2.12. The molecule has 0 radical (unpaired) electrons. The molecule has 3 heterocycles. The van der Waals surface area contributed by atoms with Crippen LogP contribution in [0.3, 0.4) is 0 Å². The van der Waals surface area contributed by atoms with E-state index in [1.807, 2.05) is 12.1 Å². The van der Waals surface area contributed by atoms with Crippen LogP contribution in [0.1, 0.15) is 26.6 Å². The molecule has 1 aromatic carbocycles. The summed E-state index contributed by atoms with van der Waals surface area (Å²) in [6.07, 6.45) is 7.88. The number of carbonyl (C=O) groups excluding carboxylic acids is 2. The minimum Gasteiger partial charge on any atom is -0.465 e. The highest BCUT2D eigenvalue weighted by atomic mass is 16.3. The van der Waals surface area contributed by atoms with Crippen LogP contribution in [0.5, 0.6) is 0 Å². The summed E-state index contributed by atoms with van der Waals surface area (Å²) in [6.45, 7) is 0. The van der Waals surface area contributed by atoms with E-state index in [2.05, 4.69) is 20.5 Å². The molecule has 142 valence electrons. The van der Waals surface area contributed by atoms with E-state index in [-0.39, 0.29) is 11.7 Å². The Morgan fingerprint density at radius 3 is 2.69 bits per heavy atom. The smallest absolute Gasteiger partial charge is 0.273 e. The molecular weight excluding hydrogens is 368 g/mol. The van der Waals surface area contributed by atoms with Crippen molar-refractivity contribution in [3.63, 3.8) is 0 Å². The lowest BCUT2D eigenvalue weighted by molar-refractivity contribution is 0.101. The van der Waals surface area contributed by atoms with Crippen molar-refractivity contribution in [1.29, 1.82) is 0 Å². The predicted molar refractivity (Wildman–Crippen MR) is 108 cm³/mol. The summed E-state index contributed by atoms with van der Waals surface area (Å²) in [7, 11) is 0. The number of anilines is 1. The van der Waals surface area contributed by atoms with Crippen molar-refractivity contribution in [2.75, 3.05) is 5.32 Å². The third-order valence-electron chi connectivity index (χ3n) is 4.15. The molecule has 1 amide bonds. The second-order valence-electron chi connectivity index (χ2n) is 6.15. The molecule has 0 unspecified atom stereocenters. The Kier molecular flexibility index (Phi) is 5.11. The van der Waals surface area contributed by atoms with Crippen molar-refractivity contribution in [1.82, 2.24) is 15.2 Å². The summed E-state index contributed by atoms with van der Waals surface area (Å²) in [5.74, 6) is 0.0413. The van der Waals surface area contributed by atoms with E-state index in [4.69, 9.17) is 4.42 Å². The first-order chi connectivity index (χ1) is 14.2. The average molecular weight is 384 g/mol. The SMILES string of the molecule is O=C(/C=C/c1ccco1)c1cccc(NC(=O)c2cc(-c3ccncc3)n[nH]2)c1.